The minimum Gasteiger partial charge on any atom is -0.0917 e. The van der Waals surface area contributed by atoms with E-state index in [0.717, 1.165) is 0 Å². The number of allylic oxidation sites excluding steroid dienone is 4. The van der Waals surface area contributed by atoms with Gasteiger partial charge in [0.25, 0.3) is 0 Å². The van der Waals surface area contributed by atoms with E-state index in [9.17, 15) is 0 Å². The summed E-state index contributed by atoms with van der Waals surface area (Å²) in [5.74, 6) is 0. The molecule has 0 saturated carbocycles. The van der Waals surface area contributed by atoms with Crippen LogP contribution in [0.2, 0.25) is 0 Å². The van der Waals surface area contributed by atoms with Gasteiger partial charge in [0.2, 0.25) is 0 Å². The van der Waals surface area contributed by atoms with Gasteiger partial charge in [0, 0.05) is 0 Å². The minimum absolute atomic E-state index is 1.26. The van der Waals surface area contributed by atoms with Crippen LogP contribution >= 0.6 is 0 Å². The van der Waals surface area contributed by atoms with Crippen molar-refractivity contribution in [2.24, 2.45) is 0 Å². The maximum absolute atomic E-state index is 2.39. The third-order valence-electron chi connectivity index (χ3n) is 3.12. The lowest BCUT2D eigenvalue weighted by atomic mass is 10.1. The summed E-state index contributed by atoms with van der Waals surface area (Å²) in [5, 5.41) is 0. The summed E-state index contributed by atoms with van der Waals surface area (Å²) in [5.41, 5.74) is 0. The highest BCUT2D eigenvalue weighted by Gasteiger charge is 1.87. The number of rotatable bonds is 12. The molecule has 0 aliphatic carbocycles. The van der Waals surface area contributed by atoms with Crippen molar-refractivity contribution in [2.75, 3.05) is 0 Å². The molecule has 0 heterocycles. The predicted molar refractivity (Wildman–Crippen MR) is 80.4 cm³/mol. The quantitative estimate of drug-likeness (QED) is 0.270. The molecule has 0 spiro atoms. The van der Waals surface area contributed by atoms with Crippen molar-refractivity contribution in [2.45, 2.75) is 84.5 Å². The topological polar surface area (TPSA) is 0 Å². The molecule has 0 rings (SSSR count). The van der Waals surface area contributed by atoms with Gasteiger partial charge < -0.3 is 0 Å². The maximum atomic E-state index is 2.39. The fourth-order valence-corrected chi connectivity index (χ4v) is 1.97. The van der Waals surface area contributed by atoms with Gasteiger partial charge in [0.15, 0.2) is 0 Å². The van der Waals surface area contributed by atoms with Crippen LogP contribution < -0.4 is 0 Å². The van der Waals surface area contributed by atoms with Gasteiger partial charge in [0.05, 0.1) is 0 Å². The fraction of sp³-hybridized carbons (Fsp3) is 0.765. The van der Waals surface area contributed by atoms with Crippen molar-refractivity contribution in [1.29, 1.82) is 0 Å². The average Bonchev–Trinajstić information content (AvgIpc) is 2.35. The first kappa shape index (κ1) is 16.5. The zero-order valence-electron chi connectivity index (χ0n) is 12.1. The number of hydrogen-bond donors (Lipinski definition) is 0. The lowest BCUT2D eigenvalue weighted by molar-refractivity contribution is 0.636. The summed E-state index contributed by atoms with van der Waals surface area (Å²) in [6.07, 6.45) is 24.1. The largest absolute Gasteiger partial charge is 0.0917 e. The van der Waals surface area contributed by atoms with Gasteiger partial charge in [0.1, 0.15) is 0 Å². The summed E-state index contributed by atoms with van der Waals surface area (Å²) >= 11 is 0. The van der Waals surface area contributed by atoms with Crippen LogP contribution in [0.5, 0.6) is 0 Å². The Bertz CT molecular complexity index is 176. The molecule has 0 N–H and O–H groups in total. The normalized spacial score (nSPS) is 11.9. The molecule has 0 aromatic heterocycles. The molecule has 100 valence electrons. The van der Waals surface area contributed by atoms with Gasteiger partial charge in [-0.2, -0.15) is 0 Å². The smallest absolute Gasteiger partial charge is 0.0351 e. The van der Waals surface area contributed by atoms with Gasteiger partial charge in [-0.25, -0.2) is 0 Å². The molecule has 0 heteroatoms. The second-order valence-electron chi connectivity index (χ2n) is 4.88. The minimum atomic E-state index is 1.26. The van der Waals surface area contributed by atoms with Crippen molar-refractivity contribution in [3.8, 4) is 0 Å². The zero-order chi connectivity index (χ0) is 12.6. The first-order valence-corrected chi connectivity index (χ1v) is 7.68. The zero-order valence-corrected chi connectivity index (χ0v) is 12.1. The maximum Gasteiger partial charge on any atom is -0.0351 e. The van der Waals surface area contributed by atoms with Crippen LogP contribution in [0.1, 0.15) is 84.5 Å². The molecule has 0 unspecified atom stereocenters. The molecule has 0 aromatic rings. The number of unbranched alkanes of at least 4 members (excludes halogenated alkanes) is 9. The standard InChI is InChI=1S/C17H32/c1-3-5-7-9-11-13-15-17-16-14-12-10-8-6-4-2/h3,5,16-17H,4,6-15H2,1-2H3. The summed E-state index contributed by atoms with van der Waals surface area (Å²) < 4.78 is 0. The van der Waals surface area contributed by atoms with E-state index in [4.69, 9.17) is 0 Å². The first-order chi connectivity index (χ1) is 8.41. The van der Waals surface area contributed by atoms with E-state index < -0.39 is 0 Å². The highest BCUT2D eigenvalue weighted by molar-refractivity contribution is 4.81. The van der Waals surface area contributed by atoms with E-state index in [1.165, 1.54) is 70.6 Å². The average molecular weight is 236 g/mol. The van der Waals surface area contributed by atoms with Crippen LogP contribution in [0.15, 0.2) is 24.3 Å². The molecule has 0 aliphatic heterocycles. The second kappa shape index (κ2) is 15.5. The van der Waals surface area contributed by atoms with E-state index in [0.29, 0.717) is 0 Å². The second-order valence-corrected chi connectivity index (χ2v) is 4.88. The third-order valence-corrected chi connectivity index (χ3v) is 3.12. The molecule has 0 saturated heterocycles. The fourth-order valence-electron chi connectivity index (χ4n) is 1.97. The van der Waals surface area contributed by atoms with Gasteiger partial charge in [-0.05, 0) is 45.4 Å². The molecular formula is C17H32. The first-order valence-electron chi connectivity index (χ1n) is 7.68. The van der Waals surface area contributed by atoms with E-state index >= 15 is 0 Å². The van der Waals surface area contributed by atoms with Crippen molar-refractivity contribution in [3.05, 3.63) is 24.3 Å². The highest BCUT2D eigenvalue weighted by atomic mass is 13.9. The Morgan fingerprint density at radius 1 is 0.588 bits per heavy atom. The molecule has 0 atom stereocenters. The predicted octanol–water partition coefficient (Wildman–Crippen LogP) is 6.43. The highest BCUT2D eigenvalue weighted by Crippen LogP contribution is 2.07. The summed E-state index contributed by atoms with van der Waals surface area (Å²) in [6.45, 7) is 4.37. The van der Waals surface area contributed by atoms with Gasteiger partial charge in [-0.15, -0.1) is 0 Å². The lowest BCUT2D eigenvalue weighted by Gasteiger charge is -1.97. The van der Waals surface area contributed by atoms with Gasteiger partial charge >= 0.3 is 0 Å². The SMILES string of the molecule is CC=CCCCCCC=CCCCCCCC. The molecule has 0 radical (unpaired) electrons. The third kappa shape index (κ3) is 15.5. The summed E-state index contributed by atoms with van der Waals surface area (Å²) in [6, 6.07) is 0. The molecule has 0 bridgehead atoms. The number of hydrogen-bond acceptors (Lipinski definition) is 0. The van der Waals surface area contributed by atoms with Crippen molar-refractivity contribution < 1.29 is 0 Å². The van der Waals surface area contributed by atoms with Crippen LogP contribution in [0, 0.1) is 0 Å². The van der Waals surface area contributed by atoms with E-state index in [-0.39, 0.29) is 0 Å². The molecule has 0 nitrogen and oxygen atoms in total. The molecule has 0 aliphatic rings. The van der Waals surface area contributed by atoms with Gasteiger partial charge in [-0.3, -0.25) is 0 Å². The monoisotopic (exact) mass is 236 g/mol. The molecule has 0 aromatic carbocycles. The van der Waals surface area contributed by atoms with Crippen LogP contribution in [0.4, 0.5) is 0 Å². The molecule has 17 heavy (non-hydrogen) atoms. The van der Waals surface area contributed by atoms with Crippen LogP contribution in [-0.4, -0.2) is 0 Å². The summed E-state index contributed by atoms with van der Waals surface area (Å²) in [4.78, 5) is 0. The molecule has 0 amide bonds. The Morgan fingerprint density at radius 3 is 1.59 bits per heavy atom. The Labute approximate surface area is 109 Å². The van der Waals surface area contributed by atoms with E-state index in [1.54, 1.807) is 0 Å². The van der Waals surface area contributed by atoms with E-state index in [2.05, 4.69) is 38.2 Å². The summed E-state index contributed by atoms with van der Waals surface area (Å²) in [7, 11) is 0. The molecular weight excluding hydrogens is 204 g/mol. The lowest BCUT2D eigenvalue weighted by Crippen LogP contribution is -1.77. The van der Waals surface area contributed by atoms with E-state index in [1.807, 2.05) is 0 Å². The van der Waals surface area contributed by atoms with Crippen molar-refractivity contribution in [3.63, 3.8) is 0 Å². The van der Waals surface area contributed by atoms with Crippen LogP contribution in [0.25, 0.3) is 0 Å². The van der Waals surface area contributed by atoms with Crippen molar-refractivity contribution in [1.82, 2.24) is 0 Å². The Morgan fingerprint density at radius 2 is 1.06 bits per heavy atom. The Hall–Kier alpha value is -0.520. The van der Waals surface area contributed by atoms with Crippen LogP contribution in [0.3, 0.4) is 0 Å². The van der Waals surface area contributed by atoms with Crippen molar-refractivity contribution >= 4 is 0 Å². The van der Waals surface area contributed by atoms with Gasteiger partial charge in [-0.1, -0.05) is 63.3 Å². The van der Waals surface area contributed by atoms with Crippen LogP contribution in [-0.2, 0) is 0 Å². The Balaban J connectivity index is 3.04. The Kier molecular flexibility index (Phi) is 15.0. The molecule has 0 fully saturated rings.